The number of nitro benzene ring substituents is 1. The summed E-state index contributed by atoms with van der Waals surface area (Å²) >= 11 is 5.81. The molecule has 0 fully saturated rings. The van der Waals surface area contributed by atoms with Crippen LogP contribution in [0.5, 0.6) is 5.75 Å². The smallest absolute Gasteiger partial charge is 0.344 e. The lowest BCUT2D eigenvalue weighted by Crippen LogP contribution is -2.15. The van der Waals surface area contributed by atoms with Gasteiger partial charge in [0.25, 0.3) is 5.69 Å². The van der Waals surface area contributed by atoms with Gasteiger partial charge in [0.15, 0.2) is 12.9 Å². The van der Waals surface area contributed by atoms with E-state index in [2.05, 4.69) is 4.74 Å². The molecule has 1 aromatic rings. The van der Waals surface area contributed by atoms with Crippen molar-refractivity contribution in [2.45, 2.75) is 6.92 Å². The van der Waals surface area contributed by atoms with Gasteiger partial charge < -0.3 is 9.47 Å². The van der Waals surface area contributed by atoms with E-state index in [0.717, 1.165) is 6.07 Å². The van der Waals surface area contributed by atoms with Crippen molar-refractivity contribution in [2.24, 2.45) is 0 Å². The first-order valence-corrected chi connectivity index (χ1v) is 5.59. The largest absolute Gasteiger partial charge is 0.480 e. The molecule has 0 spiro atoms. The fourth-order valence-corrected chi connectivity index (χ4v) is 1.54. The van der Waals surface area contributed by atoms with E-state index in [1.54, 1.807) is 6.92 Å². The molecule has 0 unspecified atom stereocenters. The van der Waals surface area contributed by atoms with Crippen molar-refractivity contribution in [3.8, 4) is 5.75 Å². The van der Waals surface area contributed by atoms with E-state index in [-0.39, 0.29) is 29.2 Å². The number of nitrogens with zero attached hydrogens (tertiary/aromatic N) is 1. The number of hydrogen-bond acceptors (Lipinski definition) is 6. The van der Waals surface area contributed by atoms with Crippen molar-refractivity contribution in [2.75, 3.05) is 13.2 Å². The van der Waals surface area contributed by atoms with Gasteiger partial charge in [-0.1, -0.05) is 11.6 Å². The lowest BCUT2D eigenvalue weighted by molar-refractivity contribution is -0.385. The zero-order chi connectivity index (χ0) is 14.4. The van der Waals surface area contributed by atoms with Gasteiger partial charge in [0.05, 0.1) is 11.5 Å². The zero-order valence-corrected chi connectivity index (χ0v) is 10.7. The van der Waals surface area contributed by atoms with Crippen molar-refractivity contribution in [3.63, 3.8) is 0 Å². The first-order valence-electron chi connectivity index (χ1n) is 5.21. The summed E-state index contributed by atoms with van der Waals surface area (Å²) in [4.78, 5) is 31.8. The first kappa shape index (κ1) is 14.9. The van der Waals surface area contributed by atoms with Gasteiger partial charge in [-0.25, -0.2) is 4.79 Å². The van der Waals surface area contributed by atoms with E-state index in [9.17, 15) is 19.7 Å². The van der Waals surface area contributed by atoms with E-state index in [1.807, 2.05) is 0 Å². The minimum absolute atomic E-state index is 0.00224. The molecule has 1 rings (SSSR count). The normalized spacial score (nSPS) is 9.79. The van der Waals surface area contributed by atoms with Gasteiger partial charge in [-0.15, -0.1) is 0 Å². The maximum absolute atomic E-state index is 11.1. The zero-order valence-electron chi connectivity index (χ0n) is 9.92. The summed E-state index contributed by atoms with van der Waals surface area (Å²) in [7, 11) is 0. The number of carbonyl (C=O) groups is 2. The summed E-state index contributed by atoms with van der Waals surface area (Å²) in [5.74, 6) is -0.605. The quantitative estimate of drug-likeness (QED) is 0.344. The molecular weight excluding hydrogens is 278 g/mol. The van der Waals surface area contributed by atoms with Crippen LogP contribution < -0.4 is 4.74 Å². The second kappa shape index (κ2) is 6.69. The highest BCUT2D eigenvalue weighted by molar-refractivity contribution is 6.34. The summed E-state index contributed by atoms with van der Waals surface area (Å²) < 4.78 is 9.68. The highest BCUT2D eigenvalue weighted by Gasteiger charge is 2.20. The minimum atomic E-state index is -0.731. The number of hydrogen-bond donors (Lipinski definition) is 0. The van der Waals surface area contributed by atoms with Crippen LogP contribution in [0.1, 0.15) is 17.3 Å². The van der Waals surface area contributed by atoms with Crippen molar-refractivity contribution in [3.05, 3.63) is 32.8 Å². The molecule has 0 radical (unpaired) electrons. The van der Waals surface area contributed by atoms with Crippen molar-refractivity contribution >= 4 is 29.5 Å². The summed E-state index contributed by atoms with van der Waals surface area (Å²) in [5.41, 5.74) is -0.725. The Morgan fingerprint density at radius 3 is 2.74 bits per heavy atom. The van der Waals surface area contributed by atoms with E-state index in [1.165, 1.54) is 6.07 Å². The predicted octanol–water partition coefficient (Wildman–Crippen LogP) is 2.00. The number of aldehydes is 1. The van der Waals surface area contributed by atoms with Crippen LogP contribution in [-0.4, -0.2) is 30.4 Å². The molecule has 19 heavy (non-hydrogen) atoms. The molecular formula is C11H10ClNO6. The Balaban J connectivity index is 2.95. The Kier molecular flexibility index (Phi) is 5.25. The lowest BCUT2D eigenvalue weighted by atomic mass is 10.2. The number of halogens is 1. The molecule has 102 valence electrons. The van der Waals surface area contributed by atoms with Gasteiger partial charge >= 0.3 is 5.97 Å². The van der Waals surface area contributed by atoms with Crippen LogP contribution in [0.25, 0.3) is 0 Å². The second-order valence-electron chi connectivity index (χ2n) is 3.28. The molecule has 0 N–H and O–H groups in total. The number of rotatable bonds is 6. The highest BCUT2D eigenvalue weighted by atomic mass is 35.5. The average molecular weight is 288 g/mol. The third-order valence-corrected chi connectivity index (χ3v) is 2.48. The number of carbonyl (C=O) groups excluding carboxylic acids is 2. The second-order valence-corrected chi connectivity index (χ2v) is 3.66. The van der Waals surface area contributed by atoms with Gasteiger partial charge in [0.1, 0.15) is 16.3 Å². The Hall–Kier alpha value is -2.15. The highest BCUT2D eigenvalue weighted by Crippen LogP contribution is 2.33. The van der Waals surface area contributed by atoms with Gasteiger partial charge in [-0.3, -0.25) is 14.9 Å². The summed E-state index contributed by atoms with van der Waals surface area (Å²) in [6.07, 6.45) is 0.262. The van der Waals surface area contributed by atoms with E-state index >= 15 is 0 Å². The topological polar surface area (TPSA) is 95.7 Å². The molecule has 0 bridgehead atoms. The van der Waals surface area contributed by atoms with E-state index < -0.39 is 23.2 Å². The molecule has 0 saturated carbocycles. The third-order valence-electron chi connectivity index (χ3n) is 2.09. The summed E-state index contributed by atoms with van der Waals surface area (Å²) in [6, 6.07) is 2.29. The van der Waals surface area contributed by atoms with Crippen LogP contribution in [0.15, 0.2) is 12.1 Å². The number of ether oxygens (including phenoxy) is 2. The van der Waals surface area contributed by atoms with Gasteiger partial charge in [-0.05, 0) is 13.0 Å². The fourth-order valence-electron chi connectivity index (χ4n) is 1.28. The Morgan fingerprint density at radius 2 is 2.21 bits per heavy atom. The van der Waals surface area contributed by atoms with E-state index in [4.69, 9.17) is 16.3 Å². The van der Waals surface area contributed by atoms with Crippen LogP contribution in [0.2, 0.25) is 5.02 Å². The maximum Gasteiger partial charge on any atom is 0.344 e. The number of benzene rings is 1. The molecule has 0 aliphatic heterocycles. The van der Waals surface area contributed by atoms with Crippen LogP contribution in [0.3, 0.4) is 0 Å². The average Bonchev–Trinajstić information content (AvgIpc) is 2.37. The lowest BCUT2D eigenvalue weighted by Gasteiger charge is -2.08. The Bertz CT molecular complexity index is 516. The third kappa shape index (κ3) is 3.65. The molecule has 0 atom stereocenters. The molecule has 1 aromatic carbocycles. The SMILES string of the molecule is CCOC(=O)COc1ccc([N+](=O)[O-])c(C=O)c1Cl. The van der Waals surface area contributed by atoms with Crippen LogP contribution in [-0.2, 0) is 9.53 Å². The first-order chi connectivity index (χ1) is 9.01. The number of esters is 1. The van der Waals surface area contributed by atoms with Crippen LogP contribution in [0, 0.1) is 10.1 Å². The summed E-state index contributed by atoms with van der Waals surface area (Å²) in [6.45, 7) is 1.45. The molecule has 8 heteroatoms. The van der Waals surface area contributed by atoms with Gasteiger partial charge in [-0.2, -0.15) is 0 Å². The van der Waals surface area contributed by atoms with Crippen molar-refractivity contribution in [1.82, 2.24) is 0 Å². The minimum Gasteiger partial charge on any atom is -0.480 e. The summed E-state index contributed by atoms with van der Waals surface area (Å²) in [5, 5.41) is 10.5. The van der Waals surface area contributed by atoms with Crippen LogP contribution >= 0.6 is 11.6 Å². The Morgan fingerprint density at radius 1 is 1.53 bits per heavy atom. The molecule has 7 nitrogen and oxygen atoms in total. The van der Waals surface area contributed by atoms with Gasteiger partial charge in [0.2, 0.25) is 0 Å². The predicted molar refractivity (Wildman–Crippen MR) is 65.6 cm³/mol. The fraction of sp³-hybridized carbons (Fsp3) is 0.273. The molecule has 0 aliphatic carbocycles. The van der Waals surface area contributed by atoms with Crippen molar-refractivity contribution in [1.29, 1.82) is 0 Å². The number of nitro groups is 1. The van der Waals surface area contributed by atoms with Crippen molar-refractivity contribution < 1.29 is 24.0 Å². The molecule has 0 aromatic heterocycles. The maximum atomic E-state index is 11.1. The Labute approximate surface area is 113 Å². The molecule has 0 heterocycles. The van der Waals surface area contributed by atoms with Gasteiger partial charge in [0, 0.05) is 6.07 Å². The van der Waals surface area contributed by atoms with Crippen LogP contribution in [0.4, 0.5) is 5.69 Å². The van der Waals surface area contributed by atoms with E-state index in [0.29, 0.717) is 0 Å². The standard InChI is InChI=1S/C11H10ClNO6/c1-2-18-10(15)6-19-9-4-3-8(13(16)17)7(5-14)11(9)12/h3-5H,2,6H2,1H3. The molecule has 0 aliphatic rings. The molecule has 0 saturated heterocycles. The monoisotopic (exact) mass is 287 g/mol. The molecule has 0 amide bonds.